The van der Waals surface area contributed by atoms with Crippen molar-refractivity contribution in [2.75, 3.05) is 26.4 Å². The second-order valence-electron chi connectivity index (χ2n) is 7.94. The summed E-state index contributed by atoms with van der Waals surface area (Å²) in [4.78, 5) is 75.2. The van der Waals surface area contributed by atoms with Crippen molar-refractivity contribution in [3.8, 4) is 0 Å². The van der Waals surface area contributed by atoms with Crippen molar-refractivity contribution < 1.29 is 43.3 Å². The van der Waals surface area contributed by atoms with Crippen LogP contribution in [0.25, 0.3) is 0 Å². The average molecular weight is 539 g/mol. The molecule has 39 heavy (non-hydrogen) atoms. The molecule has 0 saturated heterocycles. The minimum atomic E-state index is -0.740. The fourth-order valence-electron chi connectivity index (χ4n) is 3.15. The lowest BCUT2D eigenvalue weighted by Crippen LogP contribution is -2.40. The first-order valence-electron chi connectivity index (χ1n) is 11.7. The van der Waals surface area contributed by atoms with E-state index in [9.17, 15) is 33.9 Å². The number of hydrogen-bond acceptors (Lipinski definition) is 11. The van der Waals surface area contributed by atoms with Crippen LogP contribution in [0, 0.1) is 0 Å². The van der Waals surface area contributed by atoms with Gasteiger partial charge < -0.3 is 25.2 Å². The van der Waals surface area contributed by atoms with Crippen molar-refractivity contribution >= 4 is 47.3 Å². The van der Waals surface area contributed by atoms with E-state index in [1.807, 2.05) is 0 Å². The molecule has 0 bridgehead atoms. The van der Waals surface area contributed by atoms with Crippen LogP contribution in [0.1, 0.15) is 40.0 Å². The van der Waals surface area contributed by atoms with Gasteiger partial charge >= 0.3 is 11.9 Å². The third kappa shape index (κ3) is 11.3. The van der Waals surface area contributed by atoms with Crippen LogP contribution in [0.15, 0.2) is 58.5 Å². The second kappa shape index (κ2) is 16.7. The van der Waals surface area contributed by atoms with Crippen LogP contribution in [0.3, 0.4) is 0 Å². The highest BCUT2D eigenvalue weighted by Gasteiger charge is 2.15. The highest BCUT2D eigenvalue weighted by molar-refractivity contribution is 5.92. The third-order valence-corrected chi connectivity index (χ3v) is 5.11. The summed E-state index contributed by atoms with van der Waals surface area (Å²) in [6.07, 6.45) is 4.26. The minimum absolute atomic E-state index is 0.170. The van der Waals surface area contributed by atoms with Crippen molar-refractivity contribution in [2.24, 2.45) is 9.98 Å². The van der Waals surface area contributed by atoms with Crippen molar-refractivity contribution in [2.45, 2.75) is 25.3 Å². The molecule has 2 aromatic carbocycles. The highest BCUT2D eigenvalue weighted by atomic mass is 16.5. The standard InChI is InChI=1S/C26H26N4O9/c31-13-22(30-24(35)15-39-26(37)19-6-10-21(11-7-19)29-17-33)3-1-2-12-27-23(34)14-38-25(36)18-4-8-20(9-5-18)28-16-32/h4-11,22,31H,1-3,12-15H2,(H,27,34)(H,30,35). The molecule has 1 unspecified atom stereocenters. The number of aliphatic imine (C=N–C) groups is 2. The number of nitrogens with one attached hydrogen (secondary N) is 2. The van der Waals surface area contributed by atoms with E-state index in [0.717, 1.165) is 0 Å². The molecule has 2 aromatic rings. The zero-order valence-electron chi connectivity index (χ0n) is 20.8. The van der Waals surface area contributed by atoms with Crippen LogP contribution >= 0.6 is 0 Å². The number of carbonyl (C=O) groups is 4. The normalized spacial score (nSPS) is 10.7. The highest BCUT2D eigenvalue weighted by Crippen LogP contribution is 2.14. The van der Waals surface area contributed by atoms with Crippen molar-refractivity contribution in [3.05, 3.63) is 59.7 Å². The number of aliphatic hydroxyl groups excluding tert-OH is 1. The van der Waals surface area contributed by atoms with E-state index in [1.165, 1.54) is 60.7 Å². The van der Waals surface area contributed by atoms with Gasteiger partial charge in [-0.15, -0.1) is 0 Å². The summed E-state index contributed by atoms with van der Waals surface area (Å²) >= 11 is 0. The predicted molar refractivity (Wildman–Crippen MR) is 135 cm³/mol. The Labute approximate surface area is 222 Å². The first-order valence-corrected chi connectivity index (χ1v) is 11.7. The molecule has 0 radical (unpaired) electrons. The Hall–Kier alpha value is -4.96. The molecule has 2 rings (SSSR count). The van der Waals surface area contributed by atoms with Crippen LogP contribution in [0.2, 0.25) is 0 Å². The zero-order valence-corrected chi connectivity index (χ0v) is 20.8. The quantitative estimate of drug-likeness (QED) is 0.130. The van der Waals surface area contributed by atoms with E-state index in [-0.39, 0.29) is 24.3 Å². The van der Waals surface area contributed by atoms with Crippen LogP contribution in [0.5, 0.6) is 0 Å². The Bertz CT molecular complexity index is 1230. The number of nitrogens with zero attached hydrogens (tertiary/aromatic N) is 2. The molecule has 0 heterocycles. The van der Waals surface area contributed by atoms with E-state index in [4.69, 9.17) is 9.47 Å². The Morgan fingerprint density at radius 1 is 0.769 bits per heavy atom. The number of isocyanates is 2. The van der Waals surface area contributed by atoms with Gasteiger partial charge in [0.1, 0.15) is 0 Å². The largest absolute Gasteiger partial charge is 0.452 e. The molecule has 13 heteroatoms. The first kappa shape index (κ1) is 30.3. The molecule has 1 atom stereocenters. The number of carbonyl (C=O) groups excluding carboxylic acids is 6. The van der Waals surface area contributed by atoms with Crippen LogP contribution in [0.4, 0.5) is 11.4 Å². The average Bonchev–Trinajstić information content (AvgIpc) is 2.95. The fraction of sp³-hybridized carbons (Fsp3) is 0.308. The molecular formula is C26H26N4O9. The number of benzene rings is 2. The molecule has 0 saturated carbocycles. The fourth-order valence-corrected chi connectivity index (χ4v) is 3.15. The van der Waals surface area contributed by atoms with Gasteiger partial charge in [-0.25, -0.2) is 19.2 Å². The summed E-state index contributed by atoms with van der Waals surface area (Å²) in [5.74, 6) is -2.53. The van der Waals surface area contributed by atoms with Gasteiger partial charge in [-0.1, -0.05) is 0 Å². The lowest BCUT2D eigenvalue weighted by Gasteiger charge is -2.16. The Kier molecular flexibility index (Phi) is 13.0. The van der Waals surface area contributed by atoms with Gasteiger partial charge in [-0.2, -0.15) is 9.98 Å². The van der Waals surface area contributed by atoms with Crippen molar-refractivity contribution in [1.82, 2.24) is 10.6 Å². The van der Waals surface area contributed by atoms with Gasteiger partial charge in [-0.3, -0.25) is 9.59 Å². The van der Waals surface area contributed by atoms with Crippen molar-refractivity contribution in [3.63, 3.8) is 0 Å². The molecule has 2 amide bonds. The van der Waals surface area contributed by atoms with Crippen LogP contribution < -0.4 is 10.6 Å². The third-order valence-electron chi connectivity index (χ3n) is 5.11. The SMILES string of the molecule is O=C=Nc1ccc(C(=O)OCC(=O)NCCCCC(CO)NC(=O)COC(=O)c2ccc(N=C=O)cc2)cc1. The Morgan fingerprint density at radius 2 is 1.26 bits per heavy atom. The number of unbranched alkanes of at least 4 members (excludes halogenated alkanes) is 1. The summed E-state index contributed by atoms with van der Waals surface area (Å²) < 4.78 is 9.88. The summed E-state index contributed by atoms with van der Waals surface area (Å²) in [5.41, 5.74) is 1.01. The van der Waals surface area contributed by atoms with E-state index in [2.05, 4.69) is 20.6 Å². The Balaban J connectivity index is 1.60. The van der Waals surface area contributed by atoms with Gasteiger partial charge in [-0.05, 0) is 67.8 Å². The maximum atomic E-state index is 12.1. The first-order chi connectivity index (χ1) is 18.9. The number of aliphatic hydroxyl groups is 1. The number of hydrogen-bond donors (Lipinski definition) is 3. The molecule has 0 aliphatic carbocycles. The number of amides is 2. The monoisotopic (exact) mass is 538 g/mol. The molecule has 0 aliphatic heterocycles. The summed E-state index contributed by atoms with van der Waals surface area (Å²) in [6, 6.07) is 10.7. The van der Waals surface area contributed by atoms with E-state index in [0.29, 0.717) is 30.6 Å². The van der Waals surface area contributed by atoms with Crippen molar-refractivity contribution in [1.29, 1.82) is 0 Å². The number of ether oxygens (including phenoxy) is 2. The molecule has 13 nitrogen and oxygen atoms in total. The van der Waals surface area contributed by atoms with Gasteiger partial charge in [0.25, 0.3) is 11.8 Å². The molecule has 3 N–H and O–H groups in total. The van der Waals surface area contributed by atoms with Gasteiger partial charge in [0, 0.05) is 6.54 Å². The maximum Gasteiger partial charge on any atom is 0.338 e. The van der Waals surface area contributed by atoms with Gasteiger partial charge in [0.05, 0.1) is 35.2 Å². The van der Waals surface area contributed by atoms with Crippen LogP contribution in [-0.2, 0) is 28.7 Å². The summed E-state index contributed by atoms with van der Waals surface area (Å²) in [5, 5.41) is 14.7. The van der Waals surface area contributed by atoms with E-state index < -0.39 is 43.0 Å². The maximum absolute atomic E-state index is 12.1. The Morgan fingerprint density at radius 3 is 1.72 bits per heavy atom. The van der Waals surface area contributed by atoms with Gasteiger partial charge in [0.2, 0.25) is 12.2 Å². The second-order valence-corrected chi connectivity index (χ2v) is 7.94. The molecule has 204 valence electrons. The van der Waals surface area contributed by atoms with Gasteiger partial charge in [0.15, 0.2) is 13.2 Å². The molecule has 0 aliphatic rings. The predicted octanol–water partition coefficient (Wildman–Crippen LogP) is 1.40. The van der Waals surface area contributed by atoms with Crippen LogP contribution in [-0.4, -0.2) is 73.4 Å². The number of rotatable bonds is 15. The minimum Gasteiger partial charge on any atom is -0.452 e. The molecule has 0 fully saturated rings. The zero-order chi connectivity index (χ0) is 28.5. The topological polar surface area (TPSA) is 190 Å². The van der Waals surface area contributed by atoms with E-state index >= 15 is 0 Å². The van der Waals surface area contributed by atoms with E-state index in [1.54, 1.807) is 0 Å². The lowest BCUT2D eigenvalue weighted by atomic mass is 10.1. The summed E-state index contributed by atoms with van der Waals surface area (Å²) in [6.45, 7) is -1.06. The smallest absolute Gasteiger partial charge is 0.338 e. The lowest BCUT2D eigenvalue weighted by molar-refractivity contribution is -0.125. The molecule has 0 spiro atoms. The summed E-state index contributed by atoms with van der Waals surface area (Å²) in [7, 11) is 0. The molecular weight excluding hydrogens is 512 g/mol. The molecule has 0 aromatic heterocycles. The number of esters is 2.